The van der Waals surface area contributed by atoms with Gasteiger partial charge in [0.05, 0.1) is 0 Å². The number of benzene rings is 1. The molecule has 0 atom stereocenters. The number of rotatable bonds is 10. The van der Waals surface area contributed by atoms with E-state index in [0.29, 0.717) is 23.9 Å². The van der Waals surface area contributed by atoms with E-state index in [9.17, 15) is 0 Å². The maximum atomic E-state index is 9.15. The van der Waals surface area contributed by atoms with Crippen molar-refractivity contribution in [2.45, 2.75) is 46.1 Å². The summed E-state index contributed by atoms with van der Waals surface area (Å²) in [5, 5.41) is 18.3. The molecule has 0 bridgehead atoms. The summed E-state index contributed by atoms with van der Waals surface area (Å²) in [5.74, 6) is 0.679. The summed E-state index contributed by atoms with van der Waals surface area (Å²) in [7, 11) is -1.45. The molecule has 0 aliphatic heterocycles. The summed E-state index contributed by atoms with van der Waals surface area (Å²) in [4.78, 5) is 2.42. The van der Waals surface area contributed by atoms with E-state index in [0.717, 1.165) is 13.1 Å². The van der Waals surface area contributed by atoms with Gasteiger partial charge in [0.15, 0.2) is 0 Å². The van der Waals surface area contributed by atoms with Crippen LogP contribution in [0.25, 0.3) is 0 Å². The second kappa shape index (κ2) is 9.82. The van der Waals surface area contributed by atoms with Crippen LogP contribution in [0.2, 0.25) is 0 Å². The Labute approximate surface area is 128 Å². The van der Waals surface area contributed by atoms with Gasteiger partial charge in [-0.2, -0.15) is 0 Å². The van der Waals surface area contributed by atoms with Crippen LogP contribution in [0.15, 0.2) is 24.3 Å². The SMILES string of the molecule is CCCCCN(CCOc1cccc(B(O)O)c1)C(C)C. The first-order valence-electron chi connectivity index (χ1n) is 7.87. The lowest BCUT2D eigenvalue weighted by Gasteiger charge is -2.26. The molecule has 0 saturated carbocycles. The molecule has 1 aromatic rings. The van der Waals surface area contributed by atoms with Crippen LogP contribution < -0.4 is 10.2 Å². The second-order valence-electron chi connectivity index (χ2n) is 5.63. The first kappa shape index (κ1) is 18.0. The van der Waals surface area contributed by atoms with Crippen molar-refractivity contribution in [3.8, 4) is 5.75 Å². The van der Waals surface area contributed by atoms with Crippen molar-refractivity contribution in [2.75, 3.05) is 19.7 Å². The zero-order chi connectivity index (χ0) is 15.7. The van der Waals surface area contributed by atoms with Gasteiger partial charge in [-0.1, -0.05) is 31.9 Å². The van der Waals surface area contributed by atoms with Crippen LogP contribution in [0.1, 0.15) is 40.0 Å². The molecule has 0 saturated heterocycles. The van der Waals surface area contributed by atoms with Crippen molar-refractivity contribution in [3.05, 3.63) is 24.3 Å². The molecule has 0 unspecified atom stereocenters. The number of ether oxygens (including phenoxy) is 1. The van der Waals surface area contributed by atoms with Crippen LogP contribution in [0, 0.1) is 0 Å². The van der Waals surface area contributed by atoms with Gasteiger partial charge in [-0.25, -0.2) is 0 Å². The summed E-state index contributed by atoms with van der Waals surface area (Å²) < 4.78 is 5.72. The molecule has 0 aliphatic rings. The highest BCUT2D eigenvalue weighted by Gasteiger charge is 2.12. The highest BCUT2D eigenvalue weighted by Crippen LogP contribution is 2.09. The molecule has 4 nitrogen and oxygen atoms in total. The molecule has 5 heteroatoms. The van der Waals surface area contributed by atoms with E-state index in [1.807, 2.05) is 6.07 Å². The lowest BCUT2D eigenvalue weighted by atomic mass is 9.80. The van der Waals surface area contributed by atoms with Crippen molar-refractivity contribution in [2.24, 2.45) is 0 Å². The molecule has 0 aliphatic carbocycles. The largest absolute Gasteiger partial charge is 0.492 e. The summed E-state index contributed by atoms with van der Waals surface area (Å²) in [6, 6.07) is 7.45. The minimum absolute atomic E-state index is 0.455. The first-order chi connectivity index (χ1) is 10.0. The van der Waals surface area contributed by atoms with E-state index in [1.165, 1.54) is 19.3 Å². The molecule has 0 spiro atoms. The third kappa shape index (κ3) is 6.98. The van der Waals surface area contributed by atoms with Gasteiger partial charge in [-0.05, 0) is 44.4 Å². The standard InChI is InChI=1S/C16H28BNO3/c1-4-5-6-10-18(14(2)3)11-12-21-16-9-7-8-15(13-16)17(19)20/h7-9,13-14,19-20H,4-6,10-12H2,1-3H3. The van der Waals surface area contributed by atoms with E-state index < -0.39 is 7.12 Å². The van der Waals surface area contributed by atoms with Gasteiger partial charge < -0.3 is 14.8 Å². The third-order valence-electron chi connectivity index (χ3n) is 3.58. The number of nitrogens with zero attached hydrogens (tertiary/aromatic N) is 1. The Morgan fingerprint density at radius 2 is 1.95 bits per heavy atom. The monoisotopic (exact) mass is 293 g/mol. The molecule has 2 N–H and O–H groups in total. The van der Waals surface area contributed by atoms with Crippen LogP contribution >= 0.6 is 0 Å². The zero-order valence-corrected chi connectivity index (χ0v) is 13.5. The van der Waals surface area contributed by atoms with Crippen LogP contribution in [-0.2, 0) is 0 Å². The van der Waals surface area contributed by atoms with Gasteiger partial charge in [0.2, 0.25) is 0 Å². The Balaban J connectivity index is 2.41. The van der Waals surface area contributed by atoms with Gasteiger partial charge in [0.1, 0.15) is 12.4 Å². The molecular formula is C16H28BNO3. The lowest BCUT2D eigenvalue weighted by Crippen LogP contribution is -2.35. The molecule has 0 heterocycles. The van der Waals surface area contributed by atoms with Gasteiger partial charge in [-0.3, -0.25) is 4.90 Å². The maximum absolute atomic E-state index is 9.15. The molecule has 1 rings (SSSR count). The zero-order valence-electron chi connectivity index (χ0n) is 13.5. The number of hydrogen-bond acceptors (Lipinski definition) is 4. The average Bonchev–Trinajstić information content (AvgIpc) is 2.46. The summed E-state index contributed by atoms with van der Waals surface area (Å²) in [5.41, 5.74) is 0.455. The highest BCUT2D eigenvalue weighted by atomic mass is 16.5. The Morgan fingerprint density at radius 1 is 1.19 bits per heavy atom. The van der Waals surface area contributed by atoms with Crippen LogP contribution in [0.3, 0.4) is 0 Å². The fourth-order valence-corrected chi connectivity index (χ4v) is 2.24. The van der Waals surface area contributed by atoms with Crippen molar-refractivity contribution in [3.63, 3.8) is 0 Å². The maximum Gasteiger partial charge on any atom is 0.488 e. The van der Waals surface area contributed by atoms with Crippen LogP contribution in [0.5, 0.6) is 5.75 Å². The summed E-state index contributed by atoms with van der Waals surface area (Å²) in [6.45, 7) is 9.21. The first-order valence-corrected chi connectivity index (χ1v) is 7.87. The molecule has 118 valence electrons. The van der Waals surface area contributed by atoms with Gasteiger partial charge in [-0.15, -0.1) is 0 Å². The quantitative estimate of drug-likeness (QED) is 0.509. The van der Waals surface area contributed by atoms with E-state index in [-0.39, 0.29) is 0 Å². The van der Waals surface area contributed by atoms with Crippen molar-refractivity contribution in [1.29, 1.82) is 0 Å². The Kier molecular flexibility index (Phi) is 8.42. The van der Waals surface area contributed by atoms with Crippen LogP contribution in [-0.4, -0.2) is 47.8 Å². The van der Waals surface area contributed by atoms with Crippen molar-refractivity contribution in [1.82, 2.24) is 4.90 Å². The van der Waals surface area contributed by atoms with Gasteiger partial charge in [0, 0.05) is 12.6 Å². The summed E-state index contributed by atoms with van der Waals surface area (Å²) in [6.07, 6.45) is 3.72. The van der Waals surface area contributed by atoms with Gasteiger partial charge >= 0.3 is 7.12 Å². The third-order valence-corrected chi connectivity index (χ3v) is 3.58. The second-order valence-corrected chi connectivity index (χ2v) is 5.63. The molecule has 0 amide bonds. The molecule has 0 aromatic heterocycles. The van der Waals surface area contributed by atoms with E-state index in [1.54, 1.807) is 18.2 Å². The summed E-state index contributed by atoms with van der Waals surface area (Å²) >= 11 is 0. The molecular weight excluding hydrogens is 265 g/mol. The average molecular weight is 293 g/mol. The highest BCUT2D eigenvalue weighted by molar-refractivity contribution is 6.58. The van der Waals surface area contributed by atoms with E-state index in [2.05, 4.69) is 25.7 Å². The number of hydrogen-bond donors (Lipinski definition) is 2. The van der Waals surface area contributed by atoms with Gasteiger partial charge in [0.25, 0.3) is 0 Å². The predicted molar refractivity (Wildman–Crippen MR) is 88.0 cm³/mol. The van der Waals surface area contributed by atoms with Crippen LogP contribution in [0.4, 0.5) is 0 Å². The molecule has 21 heavy (non-hydrogen) atoms. The van der Waals surface area contributed by atoms with E-state index >= 15 is 0 Å². The minimum Gasteiger partial charge on any atom is -0.492 e. The Morgan fingerprint density at radius 3 is 2.57 bits per heavy atom. The normalized spacial score (nSPS) is 11.2. The fourth-order valence-electron chi connectivity index (χ4n) is 2.24. The smallest absolute Gasteiger partial charge is 0.488 e. The Hall–Kier alpha value is -1.04. The number of unbranched alkanes of at least 4 members (excludes halogenated alkanes) is 2. The topological polar surface area (TPSA) is 52.9 Å². The van der Waals surface area contributed by atoms with E-state index in [4.69, 9.17) is 14.8 Å². The Bertz CT molecular complexity index is 399. The van der Waals surface area contributed by atoms with Crippen molar-refractivity contribution >= 4 is 12.6 Å². The molecule has 1 aromatic carbocycles. The fraction of sp³-hybridized carbons (Fsp3) is 0.625. The molecule has 0 fully saturated rings. The minimum atomic E-state index is -1.45. The van der Waals surface area contributed by atoms with Crippen molar-refractivity contribution < 1.29 is 14.8 Å². The lowest BCUT2D eigenvalue weighted by molar-refractivity contribution is 0.173. The predicted octanol–water partition coefficient (Wildman–Crippen LogP) is 1.65. The molecule has 0 radical (unpaired) electrons.